The van der Waals surface area contributed by atoms with Crippen molar-refractivity contribution >= 4 is 5.69 Å². The lowest BCUT2D eigenvalue weighted by Gasteiger charge is -2.10. The number of hydrogen-bond acceptors (Lipinski definition) is 3. The van der Waals surface area contributed by atoms with E-state index < -0.39 is 0 Å². The van der Waals surface area contributed by atoms with Gasteiger partial charge in [0.1, 0.15) is 5.75 Å². The molecule has 2 rings (SSSR count). The number of nitrogen functional groups attached to an aromatic ring is 1. The first kappa shape index (κ1) is 11.5. The van der Waals surface area contributed by atoms with E-state index in [1.54, 1.807) is 12.3 Å². The molecule has 0 spiro atoms. The predicted octanol–water partition coefficient (Wildman–Crippen LogP) is 3.12. The summed E-state index contributed by atoms with van der Waals surface area (Å²) in [7, 11) is 0. The molecule has 1 aromatic heterocycles. The number of pyridine rings is 1. The molecule has 0 radical (unpaired) electrons. The van der Waals surface area contributed by atoms with Crippen LogP contribution in [-0.2, 0) is 0 Å². The highest BCUT2D eigenvalue weighted by atomic mass is 16.5. The Morgan fingerprint density at radius 3 is 2.41 bits per heavy atom. The highest BCUT2D eigenvalue weighted by molar-refractivity contribution is 5.63. The number of nitrogens with zero attached hydrogens (tertiary/aromatic N) is 1. The molecule has 3 heteroatoms. The molecule has 0 atom stereocenters. The lowest BCUT2D eigenvalue weighted by Crippen LogP contribution is -2.05. The topological polar surface area (TPSA) is 48.1 Å². The molecular formula is C14H16N2O. The minimum atomic E-state index is 0.186. The van der Waals surface area contributed by atoms with Crippen molar-refractivity contribution in [3.63, 3.8) is 0 Å². The van der Waals surface area contributed by atoms with E-state index in [1.807, 2.05) is 44.2 Å². The smallest absolute Gasteiger partial charge is 0.119 e. The van der Waals surface area contributed by atoms with Crippen LogP contribution in [0.1, 0.15) is 13.8 Å². The van der Waals surface area contributed by atoms with Crippen LogP contribution in [0.2, 0.25) is 0 Å². The van der Waals surface area contributed by atoms with Crippen molar-refractivity contribution in [1.29, 1.82) is 0 Å². The van der Waals surface area contributed by atoms with Crippen molar-refractivity contribution < 1.29 is 4.74 Å². The van der Waals surface area contributed by atoms with Gasteiger partial charge < -0.3 is 10.5 Å². The van der Waals surface area contributed by atoms with Gasteiger partial charge in [0.05, 0.1) is 11.8 Å². The summed E-state index contributed by atoms with van der Waals surface area (Å²) in [5.41, 5.74) is 8.36. The van der Waals surface area contributed by atoms with E-state index in [4.69, 9.17) is 10.5 Å². The van der Waals surface area contributed by atoms with Crippen molar-refractivity contribution in [3.05, 3.63) is 42.6 Å². The fraction of sp³-hybridized carbons (Fsp3) is 0.214. The Kier molecular flexibility index (Phi) is 3.28. The Morgan fingerprint density at radius 2 is 1.82 bits per heavy atom. The van der Waals surface area contributed by atoms with E-state index in [0.29, 0.717) is 0 Å². The maximum absolute atomic E-state index is 5.73. The van der Waals surface area contributed by atoms with Crippen LogP contribution in [0.3, 0.4) is 0 Å². The highest BCUT2D eigenvalue weighted by Crippen LogP contribution is 2.22. The Balaban J connectivity index is 2.23. The van der Waals surface area contributed by atoms with E-state index in [0.717, 1.165) is 22.7 Å². The summed E-state index contributed by atoms with van der Waals surface area (Å²) in [6, 6.07) is 11.5. The first-order valence-electron chi connectivity index (χ1n) is 5.64. The van der Waals surface area contributed by atoms with Crippen LogP contribution >= 0.6 is 0 Å². The number of anilines is 1. The molecule has 0 unspecified atom stereocenters. The molecule has 1 aromatic carbocycles. The average molecular weight is 228 g/mol. The van der Waals surface area contributed by atoms with Gasteiger partial charge in [-0.3, -0.25) is 4.98 Å². The Morgan fingerprint density at radius 1 is 1.12 bits per heavy atom. The fourth-order valence-corrected chi connectivity index (χ4v) is 1.58. The monoisotopic (exact) mass is 228 g/mol. The Labute approximate surface area is 101 Å². The van der Waals surface area contributed by atoms with Gasteiger partial charge in [-0.25, -0.2) is 0 Å². The van der Waals surface area contributed by atoms with Crippen molar-refractivity contribution in [2.45, 2.75) is 20.0 Å². The van der Waals surface area contributed by atoms with E-state index in [2.05, 4.69) is 4.98 Å². The summed E-state index contributed by atoms with van der Waals surface area (Å²) in [6.07, 6.45) is 1.90. The van der Waals surface area contributed by atoms with Gasteiger partial charge in [-0.05, 0) is 50.2 Å². The number of benzene rings is 1. The molecular weight excluding hydrogens is 212 g/mol. The van der Waals surface area contributed by atoms with Gasteiger partial charge in [0, 0.05) is 17.4 Å². The van der Waals surface area contributed by atoms with Crippen LogP contribution in [0.5, 0.6) is 5.75 Å². The van der Waals surface area contributed by atoms with E-state index in [9.17, 15) is 0 Å². The lowest BCUT2D eigenvalue weighted by atomic mass is 10.1. The molecule has 0 aliphatic rings. The van der Waals surface area contributed by atoms with Crippen molar-refractivity contribution in [1.82, 2.24) is 4.98 Å². The maximum atomic E-state index is 5.73. The molecule has 0 bridgehead atoms. The third-order valence-corrected chi connectivity index (χ3v) is 2.31. The van der Waals surface area contributed by atoms with E-state index in [1.165, 1.54) is 0 Å². The fourth-order valence-electron chi connectivity index (χ4n) is 1.58. The number of hydrogen-bond donors (Lipinski definition) is 1. The summed E-state index contributed by atoms with van der Waals surface area (Å²) in [5.74, 6) is 0.868. The molecule has 0 saturated heterocycles. The van der Waals surface area contributed by atoms with Crippen LogP contribution in [0.15, 0.2) is 42.6 Å². The normalized spacial score (nSPS) is 10.5. The van der Waals surface area contributed by atoms with Gasteiger partial charge in [0.25, 0.3) is 0 Å². The quantitative estimate of drug-likeness (QED) is 0.878. The Bertz CT molecular complexity index is 492. The minimum absolute atomic E-state index is 0.186. The SMILES string of the molecule is CC(C)Oc1ccc(-c2cc(N)ccn2)cc1. The van der Waals surface area contributed by atoms with Gasteiger partial charge in [0.2, 0.25) is 0 Å². The van der Waals surface area contributed by atoms with Crippen LogP contribution in [0.25, 0.3) is 11.3 Å². The van der Waals surface area contributed by atoms with Gasteiger partial charge in [-0.15, -0.1) is 0 Å². The molecule has 0 aliphatic heterocycles. The molecule has 0 saturated carbocycles. The van der Waals surface area contributed by atoms with Gasteiger partial charge in [0.15, 0.2) is 0 Å². The molecule has 0 amide bonds. The summed E-state index contributed by atoms with van der Waals surface area (Å²) in [6.45, 7) is 4.01. The average Bonchev–Trinajstić information content (AvgIpc) is 2.29. The zero-order valence-electron chi connectivity index (χ0n) is 10.1. The second-order valence-electron chi connectivity index (χ2n) is 4.17. The molecule has 1 heterocycles. The predicted molar refractivity (Wildman–Crippen MR) is 69.8 cm³/mol. The molecule has 0 aliphatic carbocycles. The third kappa shape index (κ3) is 2.97. The summed E-state index contributed by atoms with van der Waals surface area (Å²) < 4.78 is 5.58. The summed E-state index contributed by atoms with van der Waals surface area (Å²) in [5, 5.41) is 0. The van der Waals surface area contributed by atoms with E-state index in [-0.39, 0.29) is 6.10 Å². The van der Waals surface area contributed by atoms with Gasteiger partial charge in [-0.1, -0.05) is 0 Å². The molecule has 2 aromatic rings. The van der Waals surface area contributed by atoms with Crippen LogP contribution in [0.4, 0.5) is 5.69 Å². The van der Waals surface area contributed by atoms with Gasteiger partial charge >= 0.3 is 0 Å². The minimum Gasteiger partial charge on any atom is -0.491 e. The standard InChI is InChI=1S/C14H16N2O/c1-10(2)17-13-5-3-11(4-6-13)14-9-12(15)7-8-16-14/h3-10H,1-2H3,(H2,15,16). The second kappa shape index (κ2) is 4.87. The van der Waals surface area contributed by atoms with Crippen LogP contribution < -0.4 is 10.5 Å². The molecule has 17 heavy (non-hydrogen) atoms. The van der Waals surface area contributed by atoms with Crippen molar-refractivity contribution in [3.8, 4) is 17.0 Å². The third-order valence-electron chi connectivity index (χ3n) is 2.31. The molecule has 2 N–H and O–H groups in total. The summed E-state index contributed by atoms with van der Waals surface area (Å²) in [4.78, 5) is 4.28. The number of rotatable bonds is 3. The number of ether oxygens (including phenoxy) is 1. The van der Waals surface area contributed by atoms with Crippen molar-refractivity contribution in [2.75, 3.05) is 5.73 Å². The molecule has 0 fully saturated rings. The maximum Gasteiger partial charge on any atom is 0.119 e. The summed E-state index contributed by atoms with van der Waals surface area (Å²) >= 11 is 0. The van der Waals surface area contributed by atoms with Crippen LogP contribution in [0, 0.1) is 0 Å². The molecule has 3 nitrogen and oxygen atoms in total. The largest absolute Gasteiger partial charge is 0.491 e. The van der Waals surface area contributed by atoms with Crippen LogP contribution in [-0.4, -0.2) is 11.1 Å². The number of nitrogens with two attached hydrogens (primary N) is 1. The lowest BCUT2D eigenvalue weighted by molar-refractivity contribution is 0.242. The Hall–Kier alpha value is -2.03. The zero-order valence-corrected chi connectivity index (χ0v) is 10.1. The highest BCUT2D eigenvalue weighted by Gasteiger charge is 2.01. The zero-order chi connectivity index (χ0) is 12.3. The first-order valence-corrected chi connectivity index (χ1v) is 5.64. The first-order chi connectivity index (χ1) is 8.15. The van der Waals surface area contributed by atoms with Crippen molar-refractivity contribution in [2.24, 2.45) is 0 Å². The number of aromatic nitrogens is 1. The van der Waals surface area contributed by atoms with E-state index >= 15 is 0 Å². The second-order valence-corrected chi connectivity index (χ2v) is 4.17. The van der Waals surface area contributed by atoms with Gasteiger partial charge in [-0.2, -0.15) is 0 Å². The molecule has 88 valence electrons.